The van der Waals surface area contributed by atoms with Gasteiger partial charge in [-0.05, 0) is 0 Å². The second-order valence-electron chi connectivity index (χ2n) is 0.0833. The van der Waals surface area contributed by atoms with Gasteiger partial charge in [-0.1, -0.05) is 0 Å². The van der Waals surface area contributed by atoms with Crippen molar-refractivity contribution in [3.05, 3.63) is 0 Å². The average Bonchev–Trinajstić information content (AvgIpc) is 0.918. The molecule has 0 aliphatic heterocycles. The van der Waals surface area contributed by atoms with Crippen molar-refractivity contribution >= 4 is 46.5 Å². The van der Waals surface area contributed by atoms with Gasteiger partial charge in [0.25, 0.3) is 0 Å². The normalized spacial score (nSPS) is 1.33. The van der Waals surface area contributed by atoms with Crippen LogP contribution >= 0.6 is 20.9 Å². The molecule has 0 heterocycles. The molecule has 0 rings (SSSR count). The van der Waals surface area contributed by atoms with E-state index in [4.69, 9.17) is 0 Å². The van der Waals surface area contributed by atoms with Crippen LogP contribution in [0.25, 0.3) is 0 Å². The van der Waals surface area contributed by atoms with E-state index in [1.807, 2.05) is 0 Å². The molecular formula is GeLi2S3. The van der Waals surface area contributed by atoms with E-state index in [0.29, 0.717) is 0 Å². The van der Waals surface area contributed by atoms with Crippen LogP contribution in [0.1, 0.15) is 0 Å². The Hall–Kier alpha value is 2.53. The number of hydrogen-bond acceptors (Lipinski definition) is 2. The standard InChI is InChI=1S/GeS2.2Li.S/c2-1-3;;;/q;2*+1;-2. The van der Waals surface area contributed by atoms with E-state index >= 15 is 0 Å². The number of rotatable bonds is 0. The van der Waals surface area contributed by atoms with Crippen LogP contribution in [-0.4, -0.2) is 12.1 Å². The Morgan fingerprint density at radius 1 is 1.00 bits per heavy atom. The van der Waals surface area contributed by atoms with Crippen LogP contribution in [0, 0.1) is 0 Å². The molecule has 0 bridgehead atoms. The molecule has 6 heteroatoms. The van der Waals surface area contributed by atoms with E-state index < -0.39 is 0 Å². The molecule has 0 saturated carbocycles. The van der Waals surface area contributed by atoms with Gasteiger partial charge >= 0.3 is 70.8 Å². The van der Waals surface area contributed by atoms with Gasteiger partial charge in [0.1, 0.15) is 0 Å². The van der Waals surface area contributed by atoms with E-state index in [-0.39, 0.29) is 63.3 Å². The molecule has 0 radical (unpaired) electrons. The second-order valence-corrected chi connectivity index (χ2v) is 3.90. The quantitative estimate of drug-likeness (QED) is 0.344. The zero-order valence-electron chi connectivity index (χ0n) is 3.72. The molecule has 24 valence electrons. The molecular weight excluding hydrogens is 183 g/mol. The van der Waals surface area contributed by atoms with Crippen molar-refractivity contribution in [2.75, 3.05) is 0 Å². The van der Waals surface area contributed by atoms with Crippen molar-refractivity contribution in [2.24, 2.45) is 0 Å². The maximum absolute atomic E-state index is 4.33. The molecule has 0 aromatic heterocycles. The summed E-state index contributed by atoms with van der Waals surface area (Å²) in [4.78, 5) is 0. The molecule has 0 aliphatic rings. The van der Waals surface area contributed by atoms with Gasteiger partial charge in [-0.2, -0.15) is 0 Å². The maximum atomic E-state index is 4.33. The first-order valence-corrected chi connectivity index (χ1v) is 6.36. The monoisotopic (exact) mass is 184 g/mol. The fraction of sp³-hybridized carbons (Fsp3) is 0. The zero-order chi connectivity index (χ0) is 2.71. The fourth-order valence-electron chi connectivity index (χ4n) is 0. The second kappa shape index (κ2) is 25.8. The van der Waals surface area contributed by atoms with Crippen LogP contribution < -0.4 is 37.7 Å². The van der Waals surface area contributed by atoms with Gasteiger partial charge in [0, 0.05) is 0 Å². The van der Waals surface area contributed by atoms with Crippen LogP contribution in [0.2, 0.25) is 0 Å². The van der Waals surface area contributed by atoms with Gasteiger partial charge in [0.2, 0.25) is 0 Å². The van der Waals surface area contributed by atoms with E-state index in [1.54, 1.807) is 0 Å². The first kappa shape index (κ1) is 23.6. The summed E-state index contributed by atoms with van der Waals surface area (Å²) >= 11 is -0.333. The van der Waals surface area contributed by atoms with Crippen molar-refractivity contribution in [1.82, 2.24) is 0 Å². The predicted octanol–water partition coefficient (Wildman–Crippen LogP) is -5.08. The number of hydrogen-bond donors (Lipinski definition) is 0. The van der Waals surface area contributed by atoms with Crippen molar-refractivity contribution in [3.8, 4) is 0 Å². The third kappa shape index (κ3) is 31.2. The first-order chi connectivity index (χ1) is 1.41. The summed E-state index contributed by atoms with van der Waals surface area (Å²) < 4.78 is 0. The van der Waals surface area contributed by atoms with Gasteiger partial charge < -0.3 is 13.5 Å². The van der Waals surface area contributed by atoms with E-state index in [9.17, 15) is 0 Å². The molecule has 0 aromatic carbocycles. The molecule has 6 heavy (non-hydrogen) atoms. The molecule has 0 amide bonds. The Balaban J connectivity index is -0.00000000667. The van der Waals surface area contributed by atoms with Gasteiger partial charge in [0.05, 0.1) is 0 Å². The molecule has 0 saturated heterocycles. The summed E-state index contributed by atoms with van der Waals surface area (Å²) in [5, 5.41) is 0. The summed E-state index contributed by atoms with van der Waals surface area (Å²) in [6.45, 7) is 0. The molecule has 0 fully saturated rings. The van der Waals surface area contributed by atoms with Crippen LogP contribution in [0.4, 0.5) is 0 Å². The third-order valence-electron chi connectivity index (χ3n) is 0. The first-order valence-electron chi connectivity index (χ1n) is 0.408. The Labute approximate surface area is 83.1 Å². The van der Waals surface area contributed by atoms with Gasteiger partial charge in [-0.15, -0.1) is 0 Å². The van der Waals surface area contributed by atoms with E-state index in [1.165, 1.54) is 0 Å². The molecule has 0 unspecified atom stereocenters. The summed E-state index contributed by atoms with van der Waals surface area (Å²) in [6, 6.07) is 0. The van der Waals surface area contributed by atoms with Gasteiger partial charge in [-0.25, -0.2) is 0 Å². The molecule has 0 N–H and O–H groups in total. The average molecular weight is 183 g/mol. The summed E-state index contributed by atoms with van der Waals surface area (Å²) in [5.74, 6) is 0. The topological polar surface area (TPSA) is 0 Å². The third-order valence-corrected chi connectivity index (χ3v) is 0. The molecule has 0 aromatic rings. The SMILES string of the molecule is [Li+].[Li+].[S-2].[S]=[Ge]=[S]. The van der Waals surface area contributed by atoms with Crippen LogP contribution in [0.15, 0.2) is 0 Å². The minimum atomic E-state index is -0.333. The van der Waals surface area contributed by atoms with E-state index in [0.717, 1.165) is 0 Å². The Morgan fingerprint density at radius 2 is 1.00 bits per heavy atom. The van der Waals surface area contributed by atoms with Crippen molar-refractivity contribution < 1.29 is 37.7 Å². The van der Waals surface area contributed by atoms with Crippen LogP contribution in [0.5, 0.6) is 0 Å². The minimum absolute atomic E-state index is 0. The van der Waals surface area contributed by atoms with Crippen LogP contribution in [0.3, 0.4) is 0 Å². The van der Waals surface area contributed by atoms with Crippen molar-refractivity contribution in [2.45, 2.75) is 0 Å². The summed E-state index contributed by atoms with van der Waals surface area (Å²) in [6.07, 6.45) is 0. The predicted molar refractivity (Wildman–Crippen MR) is 28.3 cm³/mol. The molecule has 0 atom stereocenters. The Morgan fingerprint density at radius 3 is 1.00 bits per heavy atom. The summed E-state index contributed by atoms with van der Waals surface area (Å²) in [7, 11) is 8.67. The molecule has 0 aliphatic carbocycles. The molecule has 0 spiro atoms. The van der Waals surface area contributed by atoms with Crippen molar-refractivity contribution in [3.63, 3.8) is 0 Å². The fourth-order valence-corrected chi connectivity index (χ4v) is 0. The van der Waals surface area contributed by atoms with E-state index in [2.05, 4.69) is 20.9 Å². The van der Waals surface area contributed by atoms with Crippen LogP contribution in [-0.2, 0) is 13.5 Å². The molecule has 0 nitrogen and oxygen atoms in total. The van der Waals surface area contributed by atoms with Gasteiger partial charge in [0.15, 0.2) is 0 Å². The zero-order valence-corrected chi connectivity index (χ0v) is 8.27. The van der Waals surface area contributed by atoms with Gasteiger partial charge in [-0.3, -0.25) is 0 Å². The summed E-state index contributed by atoms with van der Waals surface area (Å²) in [5.41, 5.74) is 0. The van der Waals surface area contributed by atoms with Crippen molar-refractivity contribution in [1.29, 1.82) is 0 Å². The Bertz CT molecular complexity index is 29.8. The Kier molecular flexibility index (Phi) is 101.